The zero-order chi connectivity index (χ0) is 19.4. The predicted molar refractivity (Wildman–Crippen MR) is 114 cm³/mol. The highest BCUT2D eigenvalue weighted by molar-refractivity contribution is 7.16. The van der Waals surface area contributed by atoms with Crippen molar-refractivity contribution in [1.82, 2.24) is 5.32 Å². The molecule has 3 heterocycles. The Labute approximate surface area is 176 Å². The fourth-order valence-electron chi connectivity index (χ4n) is 3.92. The van der Waals surface area contributed by atoms with Gasteiger partial charge >= 0.3 is 0 Å². The lowest BCUT2D eigenvalue weighted by Gasteiger charge is -2.25. The van der Waals surface area contributed by atoms with Gasteiger partial charge in [0.15, 0.2) is 6.17 Å². The zero-order valence-corrected chi connectivity index (χ0v) is 17.5. The third kappa shape index (κ3) is 3.02. The molecule has 144 valence electrons. The van der Waals surface area contributed by atoms with E-state index in [1.54, 1.807) is 23.5 Å². The molecule has 0 saturated carbocycles. The van der Waals surface area contributed by atoms with Gasteiger partial charge in [-0.15, -0.1) is 11.3 Å². The van der Waals surface area contributed by atoms with Crippen LogP contribution < -0.4 is 10.6 Å². The monoisotopic (exact) mass is 432 g/mol. The van der Waals surface area contributed by atoms with E-state index in [0.29, 0.717) is 27.5 Å². The van der Waals surface area contributed by atoms with Gasteiger partial charge < -0.3 is 15.1 Å². The fourth-order valence-corrected chi connectivity index (χ4v) is 5.65. The number of carbonyl (C=O) groups excluding carboxylic acids is 1. The van der Waals surface area contributed by atoms with Gasteiger partial charge in [0.05, 0.1) is 15.6 Å². The zero-order valence-electron chi connectivity index (χ0n) is 15.1. The standard InChI is InChI=1S/C21H18Cl2N2O2S/c1-10-2-4-12-17(8-10)28-21-18(12)20(26)24-19(25-21)16-7-6-15(27-16)11-3-5-13(22)14(23)9-11/h3,5-7,9-10,19,25H,2,4,8H2,1H3,(H,24,26)/t10-,19+/m1/s1. The lowest BCUT2D eigenvalue weighted by Crippen LogP contribution is -2.38. The molecule has 2 aromatic heterocycles. The van der Waals surface area contributed by atoms with Crippen molar-refractivity contribution in [3.05, 3.63) is 62.1 Å². The number of halogens is 2. The number of amides is 1. The van der Waals surface area contributed by atoms with Gasteiger partial charge in [-0.1, -0.05) is 30.1 Å². The van der Waals surface area contributed by atoms with Crippen LogP contribution in [0.25, 0.3) is 11.3 Å². The molecular weight excluding hydrogens is 415 g/mol. The van der Waals surface area contributed by atoms with Gasteiger partial charge in [-0.25, -0.2) is 0 Å². The Morgan fingerprint density at radius 1 is 1.14 bits per heavy atom. The van der Waals surface area contributed by atoms with Gasteiger partial charge in [-0.3, -0.25) is 4.79 Å². The van der Waals surface area contributed by atoms with Crippen LogP contribution in [-0.2, 0) is 12.8 Å². The molecule has 1 aromatic carbocycles. The van der Waals surface area contributed by atoms with Crippen LogP contribution in [0.2, 0.25) is 10.0 Å². The first-order chi connectivity index (χ1) is 13.5. The molecule has 1 amide bonds. The van der Waals surface area contributed by atoms with E-state index in [-0.39, 0.29) is 5.91 Å². The van der Waals surface area contributed by atoms with E-state index in [2.05, 4.69) is 17.6 Å². The van der Waals surface area contributed by atoms with Crippen LogP contribution in [-0.4, -0.2) is 5.91 Å². The smallest absolute Gasteiger partial charge is 0.256 e. The van der Waals surface area contributed by atoms with Crippen molar-refractivity contribution in [3.63, 3.8) is 0 Å². The largest absolute Gasteiger partial charge is 0.457 e. The highest BCUT2D eigenvalue weighted by Gasteiger charge is 2.34. The molecule has 28 heavy (non-hydrogen) atoms. The van der Waals surface area contributed by atoms with E-state index in [1.165, 1.54) is 10.4 Å². The molecular formula is C21H18Cl2N2O2S. The Morgan fingerprint density at radius 2 is 2.00 bits per heavy atom. The van der Waals surface area contributed by atoms with Crippen LogP contribution >= 0.6 is 34.5 Å². The molecule has 0 spiro atoms. The lowest BCUT2D eigenvalue weighted by molar-refractivity contribution is 0.0930. The van der Waals surface area contributed by atoms with Crippen LogP contribution in [0.5, 0.6) is 0 Å². The van der Waals surface area contributed by atoms with Crippen molar-refractivity contribution in [1.29, 1.82) is 0 Å². The van der Waals surface area contributed by atoms with E-state index in [0.717, 1.165) is 35.4 Å². The summed E-state index contributed by atoms with van der Waals surface area (Å²) in [7, 11) is 0. The molecule has 0 radical (unpaired) electrons. The maximum atomic E-state index is 12.8. The van der Waals surface area contributed by atoms with E-state index in [1.807, 2.05) is 18.2 Å². The molecule has 3 aromatic rings. The molecule has 0 unspecified atom stereocenters. The van der Waals surface area contributed by atoms with Crippen molar-refractivity contribution in [2.75, 3.05) is 5.32 Å². The first-order valence-electron chi connectivity index (χ1n) is 9.26. The summed E-state index contributed by atoms with van der Waals surface area (Å²) in [4.78, 5) is 14.2. The first kappa shape index (κ1) is 18.1. The van der Waals surface area contributed by atoms with Crippen molar-refractivity contribution >= 4 is 45.4 Å². The van der Waals surface area contributed by atoms with Gasteiger partial charge in [0.1, 0.15) is 16.5 Å². The van der Waals surface area contributed by atoms with E-state index in [4.69, 9.17) is 27.6 Å². The number of furan rings is 1. The SMILES string of the molecule is C[C@@H]1CCc2c(sc3c2C(=O)N[C@H](c2ccc(-c4ccc(Cl)c(Cl)c4)o2)N3)C1. The van der Waals surface area contributed by atoms with Gasteiger partial charge in [-0.2, -0.15) is 0 Å². The van der Waals surface area contributed by atoms with E-state index >= 15 is 0 Å². The third-order valence-electron chi connectivity index (χ3n) is 5.41. The second-order valence-corrected chi connectivity index (χ2v) is 9.36. The quantitative estimate of drug-likeness (QED) is 0.499. The van der Waals surface area contributed by atoms with E-state index < -0.39 is 6.17 Å². The average molecular weight is 433 g/mol. The second kappa shape index (κ2) is 6.83. The molecule has 2 N–H and O–H groups in total. The maximum absolute atomic E-state index is 12.8. The summed E-state index contributed by atoms with van der Waals surface area (Å²) in [6, 6.07) is 9.11. The number of fused-ring (bicyclic) bond motifs is 3. The van der Waals surface area contributed by atoms with Gasteiger partial charge in [0.2, 0.25) is 0 Å². The van der Waals surface area contributed by atoms with Crippen LogP contribution in [0.4, 0.5) is 5.00 Å². The topological polar surface area (TPSA) is 54.3 Å². The minimum Gasteiger partial charge on any atom is -0.457 e. The van der Waals surface area contributed by atoms with Gasteiger partial charge in [0, 0.05) is 10.4 Å². The van der Waals surface area contributed by atoms with E-state index in [9.17, 15) is 4.79 Å². The van der Waals surface area contributed by atoms with Crippen molar-refractivity contribution in [2.45, 2.75) is 32.4 Å². The van der Waals surface area contributed by atoms with Crippen LogP contribution in [0.1, 0.15) is 46.1 Å². The number of rotatable bonds is 2. The van der Waals surface area contributed by atoms with Crippen LogP contribution in [0.15, 0.2) is 34.7 Å². The Kier molecular flexibility index (Phi) is 4.42. The first-order valence-corrected chi connectivity index (χ1v) is 10.8. The predicted octanol–water partition coefficient (Wildman–Crippen LogP) is 6.29. The molecule has 7 heteroatoms. The summed E-state index contributed by atoms with van der Waals surface area (Å²) in [5, 5.41) is 8.41. The van der Waals surface area contributed by atoms with Crippen LogP contribution in [0, 0.1) is 5.92 Å². The summed E-state index contributed by atoms with van der Waals surface area (Å²) in [6.07, 6.45) is 2.77. The molecule has 2 atom stereocenters. The highest BCUT2D eigenvalue weighted by atomic mass is 35.5. The molecule has 4 nitrogen and oxygen atoms in total. The third-order valence-corrected chi connectivity index (χ3v) is 7.33. The minimum absolute atomic E-state index is 0.0294. The Bertz CT molecular complexity index is 1090. The summed E-state index contributed by atoms with van der Waals surface area (Å²) in [5.41, 5.74) is 2.88. The number of thiophene rings is 1. The summed E-state index contributed by atoms with van der Waals surface area (Å²) in [6.45, 7) is 2.27. The number of carbonyl (C=O) groups is 1. The van der Waals surface area contributed by atoms with Crippen LogP contribution in [0.3, 0.4) is 0 Å². The molecule has 1 aliphatic carbocycles. The Morgan fingerprint density at radius 3 is 2.82 bits per heavy atom. The van der Waals surface area contributed by atoms with Gasteiger partial charge in [0.25, 0.3) is 5.91 Å². The molecule has 1 aliphatic heterocycles. The molecule has 5 rings (SSSR count). The maximum Gasteiger partial charge on any atom is 0.256 e. The lowest BCUT2D eigenvalue weighted by atomic mass is 9.88. The van der Waals surface area contributed by atoms with Crippen molar-refractivity contribution < 1.29 is 9.21 Å². The number of anilines is 1. The fraction of sp³-hybridized carbons (Fsp3) is 0.286. The number of benzene rings is 1. The second-order valence-electron chi connectivity index (χ2n) is 7.44. The summed E-state index contributed by atoms with van der Waals surface area (Å²) < 4.78 is 6.01. The number of hydrogen-bond donors (Lipinski definition) is 2. The normalized spacial score (nSPS) is 20.9. The number of nitrogens with one attached hydrogen (secondary N) is 2. The van der Waals surface area contributed by atoms with Crippen molar-refractivity contribution in [2.24, 2.45) is 5.92 Å². The molecule has 0 saturated heterocycles. The minimum atomic E-state index is -0.394. The Balaban J connectivity index is 1.44. The van der Waals surface area contributed by atoms with Gasteiger partial charge in [-0.05, 0) is 61.1 Å². The average Bonchev–Trinajstić information content (AvgIpc) is 3.28. The summed E-state index contributed by atoms with van der Waals surface area (Å²) >= 11 is 13.8. The summed E-state index contributed by atoms with van der Waals surface area (Å²) in [5.74, 6) is 1.97. The number of hydrogen-bond acceptors (Lipinski definition) is 4. The molecule has 0 fully saturated rings. The Hall–Kier alpha value is -1.95. The highest BCUT2D eigenvalue weighted by Crippen LogP contribution is 2.43. The molecule has 0 bridgehead atoms. The van der Waals surface area contributed by atoms with Crippen molar-refractivity contribution in [3.8, 4) is 11.3 Å². The molecule has 2 aliphatic rings.